The molecule has 2 aromatic rings. The number of aryl methyl sites for hydroxylation is 1. The molecule has 0 spiro atoms. The first kappa shape index (κ1) is 10.1. The highest BCUT2D eigenvalue weighted by Crippen LogP contribution is 2.32. The molecule has 1 aromatic heterocycles. The normalized spacial score (nSPS) is 10.3. The van der Waals surface area contributed by atoms with Crippen molar-refractivity contribution in [2.45, 2.75) is 0 Å². The Morgan fingerprint density at radius 2 is 2.20 bits per heavy atom. The first-order chi connectivity index (χ1) is 7.22. The van der Waals surface area contributed by atoms with Gasteiger partial charge >= 0.3 is 0 Å². The molecular formula is C11H12ClN3. The highest BCUT2D eigenvalue weighted by molar-refractivity contribution is 6.36. The van der Waals surface area contributed by atoms with Crippen LogP contribution in [-0.4, -0.2) is 16.8 Å². The van der Waals surface area contributed by atoms with E-state index in [2.05, 4.69) is 10.4 Å². The Balaban J connectivity index is 2.53. The molecule has 0 aliphatic carbocycles. The number of hydrogen-bond donors (Lipinski definition) is 1. The minimum absolute atomic E-state index is 0.730. The highest BCUT2D eigenvalue weighted by Gasteiger charge is 2.08. The second-order valence-corrected chi connectivity index (χ2v) is 3.70. The van der Waals surface area contributed by atoms with E-state index < -0.39 is 0 Å². The van der Waals surface area contributed by atoms with E-state index in [9.17, 15) is 0 Å². The zero-order valence-corrected chi connectivity index (χ0v) is 9.42. The molecule has 1 heterocycles. The smallest absolute Gasteiger partial charge is 0.0716 e. The molecule has 0 amide bonds. The summed E-state index contributed by atoms with van der Waals surface area (Å²) < 4.78 is 1.76. The molecule has 0 saturated carbocycles. The van der Waals surface area contributed by atoms with Crippen LogP contribution in [0.25, 0.3) is 11.1 Å². The lowest BCUT2D eigenvalue weighted by Crippen LogP contribution is -1.90. The van der Waals surface area contributed by atoms with Crippen molar-refractivity contribution in [3.05, 3.63) is 35.6 Å². The molecule has 0 bridgehead atoms. The third kappa shape index (κ3) is 1.83. The molecule has 3 nitrogen and oxygen atoms in total. The Kier molecular flexibility index (Phi) is 2.64. The van der Waals surface area contributed by atoms with E-state index in [-0.39, 0.29) is 0 Å². The van der Waals surface area contributed by atoms with Gasteiger partial charge in [0.25, 0.3) is 0 Å². The predicted molar refractivity (Wildman–Crippen MR) is 63.2 cm³/mol. The lowest BCUT2D eigenvalue weighted by atomic mass is 10.1. The Morgan fingerprint density at radius 1 is 1.40 bits per heavy atom. The summed E-state index contributed by atoms with van der Waals surface area (Å²) in [5, 5.41) is 7.91. The SMILES string of the molecule is CNc1cccc(-c2cnn(C)c2)c1Cl. The van der Waals surface area contributed by atoms with Gasteiger partial charge in [0, 0.05) is 31.4 Å². The second-order valence-electron chi connectivity index (χ2n) is 3.32. The maximum atomic E-state index is 6.25. The summed E-state index contributed by atoms with van der Waals surface area (Å²) in [7, 11) is 3.74. The number of halogens is 1. The van der Waals surface area contributed by atoms with Gasteiger partial charge < -0.3 is 5.32 Å². The van der Waals surface area contributed by atoms with Crippen molar-refractivity contribution in [3.63, 3.8) is 0 Å². The van der Waals surface area contributed by atoms with Crippen molar-refractivity contribution in [2.75, 3.05) is 12.4 Å². The molecule has 4 heteroatoms. The summed E-state index contributed by atoms with van der Waals surface area (Å²) in [6, 6.07) is 5.91. The van der Waals surface area contributed by atoms with Gasteiger partial charge in [0.1, 0.15) is 0 Å². The first-order valence-electron chi connectivity index (χ1n) is 4.67. The van der Waals surface area contributed by atoms with Crippen molar-refractivity contribution in [2.24, 2.45) is 7.05 Å². The molecule has 0 aliphatic rings. The number of nitrogens with zero attached hydrogens (tertiary/aromatic N) is 2. The molecule has 2 rings (SSSR count). The third-order valence-corrected chi connectivity index (χ3v) is 2.69. The summed E-state index contributed by atoms with van der Waals surface area (Å²) in [6.45, 7) is 0. The largest absolute Gasteiger partial charge is 0.387 e. The Morgan fingerprint density at radius 3 is 2.80 bits per heavy atom. The van der Waals surface area contributed by atoms with E-state index in [1.165, 1.54) is 0 Å². The summed E-state index contributed by atoms with van der Waals surface area (Å²) in [4.78, 5) is 0. The van der Waals surface area contributed by atoms with Gasteiger partial charge in [-0.15, -0.1) is 0 Å². The fraction of sp³-hybridized carbons (Fsp3) is 0.182. The molecule has 0 aliphatic heterocycles. The third-order valence-electron chi connectivity index (χ3n) is 2.28. The molecule has 0 radical (unpaired) electrons. The lowest BCUT2D eigenvalue weighted by Gasteiger charge is -2.06. The van der Waals surface area contributed by atoms with Gasteiger partial charge in [0.2, 0.25) is 0 Å². The average Bonchev–Trinajstić information content (AvgIpc) is 2.65. The van der Waals surface area contributed by atoms with Gasteiger partial charge in [-0.25, -0.2) is 0 Å². The van der Waals surface area contributed by atoms with Crippen molar-refractivity contribution in [3.8, 4) is 11.1 Å². The molecule has 1 aromatic carbocycles. The van der Waals surface area contributed by atoms with Crippen LogP contribution in [0.3, 0.4) is 0 Å². The number of benzene rings is 1. The van der Waals surface area contributed by atoms with Gasteiger partial charge in [0.05, 0.1) is 16.9 Å². The number of nitrogens with one attached hydrogen (secondary N) is 1. The summed E-state index contributed by atoms with van der Waals surface area (Å²) in [5.74, 6) is 0. The zero-order chi connectivity index (χ0) is 10.8. The average molecular weight is 222 g/mol. The van der Waals surface area contributed by atoms with Crippen LogP contribution in [0, 0.1) is 0 Å². The van der Waals surface area contributed by atoms with Crippen LogP contribution >= 0.6 is 11.6 Å². The van der Waals surface area contributed by atoms with Crippen molar-refractivity contribution in [1.29, 1.82) is 0 Å². The molecule has 0 atom stereocenters. The van der Waals surface area contributed by atoms with E-state index >= 15 is 0 Å². The van der Waals surface area contributed by atoms with Gasteiger partial charge in [-0.05, 0) is 6.07 Å². The number of anilines is 1. The van der Waals surface area contributed by atoms with Crippen LogP contribution in [-0.2, 0) is 7.05 Å². The Hall–Kier alpha value is -1.48. The van der Waals surface area contributed by atoms with Gasteiger partial charge in [-0.1, -0.05) is 23.7 Å². The maximum Gasteiger partial charge on any atom is 0.0716 e. The molecule has 1 N–H and O–H groups in total. The van der Waals surface area contributed by atoms with Crippen LogP contribution < -0.4 is 5.32 Å². The van der Waals surface area contributed by atoms with E-state index in [0.717, 1.165) is 21.8 Å². The van der Waals surface area contributed by atoms with Gasteiger partial charge in [0.15, 0.2) is 0 Å². The Labute approximate surface area is 93.7 Å². The quantitative estimate of drug-likeness (QED) is 0.845. The highest BCUT2D eigenvalue weighted by atomic mass is 35.5. The predicted octanol–water partition coefficient (Wildman–Crippen LogP) is 2.78. The summed E-state index contributed by atoms with van der Waals surface area (Å²) in [5.41, 5.74) is 2.95. The molecule has 0 fully saturated rings. The number of hydrogen-bond acceptors (Lipinski definition) is 2. The molecule has 0 saturated heterocycles. The van der Waals surface area contributed by atoms with Crippen LogP contribution in [0.4, 0.5) is 5.69 Å². The fourth-order valence-electron chi connectivity index (χ4n) is 1.51. The molecule has 78 valence electrons. The summed E-state index contributed by atoms with van der Waals surface area (Å²) >= 11 is 6.25. The van der Waals surface area contributed by atoms with Gasteiger partial charge in [-0.2, -0.15) is 5.10 Å². The second kappa shape index (κ2) is 3.95. The first-order valence-corrected chi connectivity index (χ1v) is 5.05. The van der Waals surface area contributed by atoms with E-state index in [1.54, 1.807) is 10.9 Å². The number of rotatable bonds is 2. The van der Waals surface area contributed by atoms with Crippen molar-refractivity contribution in [1.82, 2.24) is 9.78 Å². The lowest BCUT2D eigenvalue weighted by molar-refractivity contribution is 0.768. The Bertz CT molecular complexity index is 476. The van der Waals surface area contributed by atoms with Crippen LogP contribution in [0.2, 0.25) is 5.02 Å². The minimum Gasteiger partial charge on any atom is -0.387 e. The van der Waals surface area contributed by atoms with E-state index in [0.29, 0.717) is 0 Å². The van der Waals surface area contributed by atoms with Crippen LogP contribution in [0.15, 0.2) is 30.6 Å². The zero-order valence-electron chi connectivity index (χ0n) is 8.66. The topological polar surface area (TPSA) is 29.9 Å². The van der Waals surface area contributed by atoms with Crippen LogP contribution in [0.5, 0.6) is 0 Å². The number of aromatic nitrogens is 2. The molecule has 15 heavy (non-hydrogen) atoms. The minimum atomic E-state index is 0.730. The maximum absolute atomic E-state index is 6.25. The standard InChI is InChI=1S/C11H12ClN3/c1-13-10-5-3-4-9(11(10)12)8-6-14-15(2)7-8/h3-7,13H,1-2H3. The van der Waals surface area contributed by atoms with E-state index in [1.807, 2.05) is 38.5 Å². The fourth-order valence-corrected chi connectivity index (χ4v) is 1.84. The van der Waals surface area contributed by atoms with E-state index in [4.69, 9.17) is 11.6 Å². The monoisotopic (exact) mass is 221 g/mol. The summed E-state index contributed by atoms with van der Waals surface area (Å²) in [6.07, 6.45) is 3.75. The van der Waals surface area contributed by atoms with Gasteiger partial charge in [-0.3, -0.25) is 4.68 Å². The molecule has 0 unspecified atom stereocenters. The van der Waals surface area contributed by atoms with Crippen molar-refractivity contribution < 1.29 is 0 Å². The molecular weight excluding hydrogens is 210 g/mol. The van der Waals surface area contributed by atoms with Crippen molar-refractivity contribution >= 4 is 17.3 Å². The van der Waals surface area contributed by atoms with Crippen LogP contribution in [0.1, 0.15) is 0 Å².